The molecule has 0 bridgehead atoms. The Morgan fingerprint density at radius 2 is 1.71 bits per heavy atom. The molecule has 1 aromatic carbocycles. The monoisotopic (exact) mass is 317 g/mol. The van der Waals surface area contributed by atoms with Crippen molar-refractivity contribution in [3.05, 3.63) is 54.9 Å². The molecule has 1 fully saturated rings. The van der Waals surface area contributed by atoms with Crippen LogP contribution >= 0.6 is 0 Å². The highest BCUT2D eigenvalue weighted by Crippen LogP contribution is 2.36. The largest absolute Gasteiger partial charge is 0.356 e. The zero-order chi connectivity index (χ0) is 15.9. The first kappa shape index (κ1) is 13.7. The van der Waals surface area contributed by atoms with E-state index in [1.54, 1.807) is 6.33 Å². The van der Waals surface area contributed by atoms with Crippen molar-refractivity contribution in [1.82, 2.24) is 19.6 Å². The third-order valence-corrected chi connectivity index (χ3v) is 5.25. The Bertz CT molecular complexity index is 883. The molecule has 5 heteroatoms. The van der Waals surface area contributed by atoms with Crippen LogP contribution in [-0.4, -0.2) is 32.7 Å². The Kier molecular flexibility index (Phi) is 3.11. The molecule has 5 nitrogen and oxygen atoms in total. The van der Waals surface area contributed by atoms with Crippen molar-refractivity contribution in [3.63, 3.8) is 0 Å². The summed E-state index contributed by atoms with van der Waals surface area (Å²) in [7, 11) is 0. The summed E-state index contributed by atoms with van der Waals surface area (Å²) in [5.74, 6) is 3.27. The molecule has 1 aliphatic heterocycles. The van der Waals surface area contributed by atoms with E-state index in [4.69, 9.17) is 0 Å². The normalized spacial score (nSPS) is 22.9. The van der Waals surface area contributed by atoms with Gasteiger partial charge in [-0.3, -0.25) is 0 Å². The van der Waals surface area contributed by atoms with Crippen molar-refractivity contribution in [1.29, 1.82) is 0 Å². The van der Waals surface area contributed by atoms with Crippen molar-refractivity contribution in [2.45, 2.75) is 12.8 Å². The molecular formula is C19H19N5. The van der Waals surface area contributed by atoms with Crippen LogP contribution in [0.3, 0.4) is 0 Å². The SMILES string of the molecule is C1=CCC2CN(c3cc(-c4ccccc4)nc4ncnn34)CC2C1. The number of hydrogen-bond donors (Lipinski definition) is 0. The Labute approximate surface area is 140 Å². The van der Waals surface area contributed by atoms with Gasteiger partial charge in [-0.2, -0.15) is 14.6 Å². The number of fused-ring (bicyclic) bond motifs is 2. The molecule has 0 saturated carbocycles. The van der Waals surface area contributed by atoms with E-state index in [-0.39, 0.29) is 0 Å². The van der Waals surface area contributed by atoms with E-state index >= 15 is 0 Å². The quantitative estimate of drug-likeness (QED) is 0.681. The lowest BCUT2D eigenvalue weighted by molar-refractivity contribution is 0.411. The van der Waals surface area contributed by atoms with Gasteiger partial charge in [0.15, 0.2) is 0 Å². The van der Waals surface area contributed by atoms with E-state index in [0.29, 0.717) is 5.78 Å². The predicted octanol–water partition coefficient (Wildman–Crippen LogP) is 3.19. The summed E-state index contributed by atoms with van der Waals surface area (Å²) in [5, 5.41) is 4.40. The van der Waals surface area contributed by atoms with Gasteiger partial charge in [-0.05, 0) is 24.7 Å². The van der Waals surface area contributed by atoms with Crippen LogP contribution in [0.5, 0.6) is 0 Å². The molecule has 120 valence electrons. The van der Waals surface area contributed by atoms with Gasteiger partial charge in [0, 0.05) is 24.7 Å². The van der Waals surface area contributed by atoms with Crippen molar-refractivity contribution in [3.8, 4) is 11.3 Å². The van der Waals surface area contributed by atoms with Crippen molar-refractivity contribution < 1.29 is 0 Å². The first-order chi connectivity index (χ1) is 11.9. The fourth-order valence-electron chi connectivity index (χ4n) is 3.98. The second-order valence-electron chi connectivity index (χ2n) is 6.71. The van der Waals surface area contributed by atoms with Crippen molar-refractivity contribution >= 4 is 11.6 Å². The Balaban J connectivity index is 1.59. The molecule has 0 radical (unpaired) electrons. The van der Waals surface area contributed by atoms with Crippen LogP contribution in [0.2, 0.25) is 0 Å². The molecule has 2 aliphatic rings. The number of nitrogens with zero attached hydrogens (tertiary/aromatic N) is 5. The van der Waals surface area contributed by atoms with Crippen LogP contribution < -0.4 is 4.90 Å². The van der Waals surface area contributed by atoms with E-state index < -0.39 is 0 Å². The van der Waals surface area contributed by atoms with Gasteiger partial charge in [0.2, 0.25) is 0 Å². The summed E-state index contributed by atoms with van der Waals surface area (Å²) in [6.45, 7) is 2.17. The third kappa shape index (κ3) is 2.19. The minimum atomic E-state index is 0.666. The highest BCUT2D eigenvalue weighted by molar-refractivity contribution is 5.66. The fraction of sp³-hybridized carbons (Fsp3) is 0.316. The van der Waals surface area contributed by atoms with E-state index in [2.05, 4.69) is 50.3 Å². The highest BCUT2D eigenvalue weighted by atomic mass is 15.4. The summed E-state index contributed by atoms with van der Waals surface area (Å²) in [5.41, 5.74) is 2.07. The second-order valence-corrected chi connectivity index (χ2v) is 6.71. The van der Waals surface area contributed by atoms with Crippen LogP contribution in [-0.2, 0) is 0 Å². The Morgan fingerprint density at radius 1 is 0.958 bits per heavy atom. The highest BCUT2D eigenvalue weighted by Gasteiger charge is 2.34. The molecule has 1 aliphatic carbocycles. The molecule has 24 heavy (non-hydrogen) atoms. The molecule has 3 heterocycles. The van der Waals surface area contributed by atoms with Gasteiger partial charge in [0.1, 0.15) is 12.1 Å². The Morgan fingerprint density at radius 3 is 2.46 bits per heavy atom. The lowest BCUT2D eigenvalue weighted by Gasteiger charge is -2.19. The first-order valence-electron chi connectivity index (χ1n) is 8.54. The molecule has 2 aromatic heterocycles. The standard InChI is InChI=1S/C19H19N5/c1-2-6-14(7-3-1)17-10-18(24-19(22-17)20-13-21-24)23-11-15-8-4-5-9-16(15)12-23/h1-7,10,13,15-16H,8-9,11-12H2. The van der Waals surface area contributed by atoms with Crippen LogP contribution in [0.4, 0.5) is 5.82 Å². The maximum Gasteiger partial charge on any atom is 0.254 e. The van der Waals surface area contributed by atoms with Gasteiger partial charge in [-0.15, -0.1) is 0 Å². The summed E-state index contributed by atoms with van der Waals surface area (Å²) in [4.78, 5) is 11.5. The fourth-order valence-corrected chi connectivity index (χ4v) is 3.98. The number of anilines is 1. The molecular weight excluding hydrogens is 298 g/mol. The maximum atomic E-state index is 4.68. The topological polar surface area (TPSA) is 46.3 Å². The molecule has 2 atom stereocenters. The maximum absolute atomic E-state index is 4.68. The van der Waals surface area contributed by atoms with E-state index in [0.717, 1.165) is 42.0 Å². The molecule has 0 N–H and O–H groups in total. The Hall–Kier alpha value is -2.69. The number of hydrogen-bond acceptors (Lipinski definition) is 4. The smallest absolute Gasteiger partial charge is 0.254 e. The average molecular weight is 317 g/mol. The lowest BCUT2D eigenvalue weighted by atomic mass is 9.86. The van der Waals surface area contributed by atoms with Gasteiger partial charge in [0.25, 0.3) is 5.78 Å². The summed E-state index contributed by atoms with van der Waals surface area (Å²) in [6, 6.07) is 12.4. The van der Waals surface area contributed by atoms with Crippen LogP contribution in [0.1, 0.15) is 12.8 Å². The van der Waals surface area contributed by atoms with Crippen molar-refractivity contribution in [2.24, 2.45) is 11.8 Å². The molecule has 1 saturated heterocycles. The van der Waals surface area contributed by atoms with Gasteiger partial charge >= 0.3 is 0 Å². The number of allylic oxidation sites excluding steroid dienone is 2. The van der Waals surface area contributed by atoms with Gasteiger partial charge in [-0.1, -0.05) is 42.5 Å². The lowest BCUT2D eigenvalue weighted by Crippen LogP contribution is -2.23. The first-order valence-corrected chi connectivity index (χ1v) is 8.54. The van der Waals surface area contributed by atoms with E-state index in [9.17, 15) is 0 Å². The van der Waals surface area contributed by atoms with Gasteiger partial charge < -0.3 is 4.90 Å². The van der Waals surface area contributed by atoms with E-state index in [1.807, 2.05) is 22.7 Å². The molecule has 5 rings (SSSR count). The minimum absolute atomic E-state index is 0.666. The van der Waals surface area contributed by atoms with Crippen LogP contribution in [0.25, 0.3) is 17.0 Å². The molecule has 2 unspecified atom stereocenters. The van der Waals surface area contributed by atoms with Gasteiger partial charge in [0.05, 0.1) is 5.69 Å². The molecule has 3 aromatic rings. The molecule has 0 amide bonds. The van der Waals surface area contributed by atoms with Gasteiger partial charge in [-0.25, -0.2) is 4.98 Å². The number of rotatable bonds is 2. The summed E-state index contributed by atoms with van der Waals surface area (Å²) >= 11 is 0. The summed E-state index contributed by atoms with van der Waals surface area (Å²) in [6.07, 6.45) is 8.64. The molecule has 0 spiro atoms. The van der Waals surface area contributed by atoms with Crippen LogP contribution in [0, 0.1) is 11.8 Å². The minimum Gasteiger partial charge on any atom is -0.356 e. The van der Waals surface area contributed by atoms with E-state index in [1.165, 1.54) is 12.8 Å². The third-order valence-electron chi connectivity index (χ3n) is 5.25. The zero-order valence-corrected chi connectivity index (χ0v) is 13.4. The summed E-state index contributed by atoms with van der Waals surface area (Å²) < 4.78 is 1.87. The zero-order valence-electron chi connectivity index (χ0n) is 13.4. The van der Waals surface area contributed by atoms with Crippen molar-refractivity contribution in [2.75, 3.05) is 18.0 Å². The number of benzene rings is 1. The second kappa shape index (κ2) is 5.44. The average Bonchev–Trinajstić information content (AvgIpc) is 3.28. The number of aromatic nitrogens is 4. The van der Waals surface area contributed by atoms with Crippen LogP contribution in [0.15, 0.2) is 54.9 Å². The predicted molar refractivity (Wildman–Crippen MR) is 93.8 cm³/mol.